The highest BCUT2D eigenvalue weighted by Gasteiger charge is 2.10. The van der Waals surface area contributed by atoms with E-state index in [1.807, 2.05) is 6.07 Å². The summed E-state index contributed by atoms with van der Waals surface area (Å²) in [4.78, 5) is 5.60. The van der Waals surface area contributed by atoms with Gasteiger partial charge in [-0.25, -0.2) is 4.99 Å². The SMILES string of the molecule is Cn1nnc(CN=C(N)Nc2ccc3c(c2)CCC3)n1. The third kappa shape index (κ3) is 2.76. The van der Waals surface area contributed by atoms with Crippen LogP contribution in [0.25, 0.3) is 0 Å². The molecule has 7 heteroatoms. The Morgan fingerprint density at radius 1 is 1.40 bits per heavy atom. The van der Waals surface area contributed by atoms with Crippen molar-refractivity contribution in [3.8, 4) is 0 Å². The van der Waals surface area contributed by atoms with Gasteiger partial charge in [-0.05, 0) is 47.7 Å². The average Bonchev–Trinajstić information content (AvgIpc) is 3.04. The number of benzene rings is 1. The Kier molecular flexibility index (Phi) is 3.32. The van der Waals surface area contributed by atoms with Gasteiger partial charge in [0.25, 0.3) is 0 Å². The van der Waals surface area contributed by atoms with E-state index in [0.29, 0.717) is 18.3 Å². The maximum Gasteiger partial charge on any atom is 0.196 e. The topological polar surface area (TPSA) is 94.0 Å². The van der Waals surface area contributed by atoms with Gasteiger partial charge in [0.05, 0.1) is 7.05 Å². The number of aryl methyl sites for hydroxylation is 3. The molecule has 0 saturated heterocycles. The number of nitrogens with one attached hydrogen (secondary N) is 1. The largest absolute Gasteiger partial charge is 0.370 e. The van der Waals surface area contributed by atoms with Crippen molar-refractivity contribution in [3.05, 3.63) is 35.2 Å². The number of rotatable bonds is 3. The van der Waals surface area contributed by atoms with Crippen LogP contribution in [0.4, 0.5) is 5.69 Å². The smallest absolute Gasteiger partial charge is 0.196 e. The van der Waals surface area contributed by atoms with Gasteiger partial charge in [-0.2, -0.15) is 4.80 Å². The van der Waals surface area contributed by atoms with Crippen LogP contribution < -0.4 is 11.1 Å². The quantitative estimate of drug-likeness (QED) is 0.630. The Morgan fingerprint density at radius 2 is 2.25 bits per heavy atom. The fourth-order valence-corrected chi connectivity index (χ4v) is 2.38. The summed E-state index contributed by atoms with van der Waals surface area (Å²) >= 11 is 0. The zero-order valence-electron chi connectivity index (χ0n) is 11.4. The van der Waals surface area contributed by atoms with Gasteiger partial charge < -0.3 is 11.1 Å². The monoisotopic (exact) mass is 271 g/mol. The molecule has 2 aromatic rings. The molecule has 0 spiro atoms. The van der Waals surface area contributed by atoms with Gasteiger partial charge in [-0.15, -0.1) is 10.2 Å². The van der Waals surface area contributed by atoms with Gasteiger partial charge in [-0.3, -0.25) is 0 Å². The summed E-state index contributed by atoms with van der Waals surface area (Å²) < 4.78 is 0. The summed E-state index contributed by atoms with van der Waals surface area (Å²) in [6, 6.07) is 6.33. The van der Waals surface area contributed by atoms with Gasteiger partial charge in [0, 0.05) is 5.69 Å². The van der Waals surface area contributed by atoms with E-state index in [0.717, 1.165) is 12.1 Å². The van der Waals surface area contributed by atoms with Gasteiger partial charge in [0.1, 0.15) is 6.54 Å². The Bertz CT molecular complexity index is 644. The molecule has 1 aromatic heterocycles. The number of hydrogen-bond acceptors (Lipinski definition) is 4. The molecule has 1 aliphatic carbocycles. The van der Waals surface area contributed by atoms with E-state index in [4.69, 9.17) is 5.73 Å². The van der Waals surface area contributed by atoms with Crippen LogP contribution in [0.3, 0.4) is 0 Å². The second kappa shape index (κ2) is 5.28. The highest BCUT2D eigenvalue weighted by atomic mass is 15.6. The number of guanidine groups is 1. The molecule has 1 heterocycles. The highest BCUT2D eigenvalue weighted by molar-refractivity contribution is 5.92. The zero-order valence-corrected chi connectivity index (χ0v) is 11.4. The number of nitrogens with zero attached hydrogens (tertiary/aromatic N) is 5. The lowest BCUT2D eigenvalue weighted by molar-refractivity contribution is 0.627. The Morgan fingerprint density at radius 3 is 3.05 bits per heavy atom. The molecule has 104 valence electrons. The van der Waals surface area contributed by atoms with Crippen molar-refractivity contribution >= 4 is 11.6 Å². The van der Waals surface area contributed by atoms with Crippen molar-refractivity contribution in [2.45, 2.75) is 25.8 Å². The Hall–Kier alpha value is -2.44. The lowest BCUT2D eigenvalue weighted by atomic mass is 10.1. The molecule has 0 aliphatic heterocycles. The molecule has 0 unspecified atom stereocenters. The molecule has 0 bridgehead atoms. The normalized spacial score (nSPS) is 14.3. The molecule has 20 heavy (non-hydrogen) atoms. The first-order chi connectivity index (χ1) is 9.70. The van der Waals surface area contributed by atoms with Crippen LogP contribution in [0.15, 0.2) is 23.2 Å². The second-order valence-corrected chi connectivity index (χ2v) is 4.86. The van der Waals surface area contributed by atoms with E-state index in [-0.39, 0.29) is 0 Å². The van der Waals surface area contributed by atoms with E-state index >= 15 is 0 Å². The standard InChI is InChI=1S/C13H17N7/c1-20-18-12(17-19-20)8-15-13(14)16-11-6-5-9-3-2-4-10(9)7-11/h5-7H,2-4,8H2,1H3,(H3,14,15,16). The summed E-state index contributed by atoms with van der Waals surface area (Å²) in [5, 5.41) is 14.7. The maximum absolute atomic E-state index is 5.86. The molecule has 7 nitrogen and oxygen atoms in total. The van der Waals surface area contributed by atoms with E-state index in [1.54, 1.807) is 7.05 Å². The van der Waals surface area contributed by atoms with Gasteiger partial charge >= 0.3 is 0 Å². The number of aliphatic imine (C=N–C) groups is 1. The molecule has 3 rings (SSSR count). The number of fused-ring (bicyclic) bond motifs is 1. The third-order valence-electron chi connectivity index (χ3n) is 3.31. The molecule has 0 amide bonds. The average molecular weight is 271 g/mol. The van der Waals surface area contributed by atoms with Crippen molar-refractivity contribution in [2.24, 2.45) is 17.8 Å². The van der Waals surface area contributed by atoms with Crippen LogP contribution in [0, 0.1) is 0 Å². The summed E-state index contributed by atoms with van der Waals surface area (Å²) in [5.41, 5.74) is 9.67. The minimum Gasteiger partial charge on any atom is -0.370 e. The summed E-state index contributed by atoms with van der Waals surface area (Å²) in [5.74, 6) is 0.904. The molecular formula is C13H17N7. The van der Waals surface area contributed by atoms with Gasteiger partial charge in [0.2, 0.25) is 0 Å². The Balaban J connectivity index is 1.64. The first-order valence-corrected chi connectivity index (χ1v) is 6.62. The zero-order chi connectivity index (χ0) is 13.9. The van der Waals surface area contributed by atoms with Gasteiger partial charge in [0.15, 0.2) is 11.8 Å². The second-order valence-electron chi connectivity index (χ2n) is 4.86. The summed E-state index contributed by atoms with van der Waals surface area (Å²) in [6.45, 7) is 0.317. The van der Waals surface area contributed by atoms with Crippen LogP contribution in [0.2, 0.25) is 0 Å². The van der Waals surface area contributed by atoms with Gasteiger partial charge in [-0.1, -0.05) is 6.07 Å². The number of nitrogens with two attached hydrogens (primary N) is 1. The summed E-state index contributed by atoms with van der Waals surface area (Å²) in [6.07, 6.45) is 3.56. The lowest BCUT2D eigenvalue weighted by Gasteiger charge is -2.07. The van der Waals surface area contributed by atoms with E-state index < -0.39 is 0 Å². The van der Waals surface area contributed by atoms with Crippen molar-refractivity contribution < 1.29 is 0 Å². The predicted molar refractivity (Wildman–Crippen MR) is 76.2 cm³/mol. The molecular weight excluding hydrogens is 254 g/mol. The first-order valence-electron chi connectivity index (χ1n) is 6.62. The van der Waals surface area contributed by atoms with Crippen LogP contribution in [-0.4, -0.2) is 26.2 Å². The number of anilines is 1. The number of hydrogen-bond donors (Lipinski definition) is 2. The Labute approximate surface area is 116 Å². The van der Waals surface area contributed by atoms with Crippen molar-refractivity contribution in [1.82, 2.24) is 20.2 Å². The van der Waals surface area contributed by atoms with E-state index in [9.17, 15) is 0 Å². The fourth-order valence-electron chi connectivity index (χ4n) is 2.38. The minimum atomic E-state index is 0.317. The highest BCUT2D eigenvalue weighted by Crippen LogP contribution is 2.24. The summed E-state index contributed by atoms with van der Waals surface area (Å²) in [7, 11) is 1.71. The van der Waals surface area contributed by atoms with Crippen molar-refractivity contribution in [2.75, 3.05) is 5.32 Å². The molecule has 0 saturated carbocycles. The lowest BCUT2D eigenvalue weighted by Crippen LogP contribution is -2.22. The van der Waals surface area contributed by atoms with Crippen molar-refractivity contribution in [1.29, 1.82) is 0 Å². The molecule has 1 aromatic carbocycles. The predicted octanol–water partition coefficient (Wildman–Crippen LogP) is 0.626. The van der Waals surface area contributed by atoms with Crippen molar-refractivity contribution in [3.63, 3.8) is 0 Å². The molecule has 0 atom stereocenters. The van der Waals surface area contributed by atoms with Crippen LogP contribution in [0.5, 0.6) is 0 Å². The van der Waals surface area contributed by atoms with Crippen LogP contribution >= 0.6 is 0 Å². The number of aromatic nitrogens is 4. The van der Waals surface area contributed by atoms with Crippen LogP contribution in [0.1, 0.15) is 23.4 Å². The van der Waals surface area contributed by atoms with Crippen LogP contribution in [-0.2, 0) is 26.4 Å². The molecule has 0 fully saturated rings. The third-order valence-corrected chi connectivity index (χ3v) is 3.31. The first kappa shape index (κ1) is 12.6. The minimum absolute atomic E-state index is 0.317. The maximum atomic E-state index is 5.86. The van der Waals surface area contributed by atoms with E-state index in [2.05, 4.69) is 37.9 Å². The molecule has 0 radical (unpaired) electrons. The number of tetrazole rings is 1. The molecule has 1 aliphatic rings. The molecule has 3 N–H and O–H groups in total. The van der Waals surface area contributed by atoms with E-state index in [1.165, 1.54) is 28.8 Å². The fraction of sp³-hybridized carbons (Fsp3) is 0.385.